The van der Waals surface area contributed by atoms with Crippen LogP contribution in [-0.2, 0) is 0 Å². The second-order valence-corrected chi connectivity index (χ2v) is 8.02. The van der Waals surface area contributed by atoms with Crippen molar-refractivity contribution in [2.24, 2.45) is 0 Å². The number of ether oxygens (including phenoxy) is 2. The molecule has 0 aromatic heterocycles. The Bertz CT molecular complexity index is 1530. The highest BCUT2D eigenvalue weighted by Gasteiger charge is 2.43. The molecule has 3 aromatic rings. The van der Waals surface area contributed by atoms with Gasteiger partial charge in [-0.05, 0) is 45.5 Å². The molecule has 0 radical (unpaired) electrons. The van der Waals surface area contributed by atoms with Crippen LogP contribution in [0.3, 0.4) is 0 Å². The zero-order valence-electron chi connectivity index (χ0n) is 18.4. The van der Waals surface area contributed by atoms with Crippen molar-refractivity contribution in [2.45, 2.75) is 11.8 Å². The Labute approximate surface area is 196 Å². The van der Waals surface area contributed by atoms with Crippen molar-refractivity contribution in [3.8, 4) is 35.8 Å². The summed E-state index contributed by atoms with van der Waals surface area (Å²) < 4.78 is 11.2. The van der Waals surface area contributed by atoms with Crippen molar-refractivity contribution in [1.29, 1.82) is 21.0 Å². The van der Waals surface area contributed by atoms with Crippen LogP contribution < -0.4 is 19.9 Å². The van der Waals surface area contributed by atoms with Crippen LogP contribution >= 0.6 is 0 Å². The molecule has 0 saturated heterocycles. The summed E-state index contributed by atoms with van der Waals surface area (Å²) in [5.74, 6) is 0.542. The van der Waals surface area contributed by atoms with Crippen molar-refractivity contribution >= 4 is 11.1 Å². The molecular weight excluding hydrogens is 424 g/mol. The van der Waals surface area contributed by atoms with Crippen LogP contribution in [0.1, 0.15) is 45.2 Å². The van der Waals surface area contributed by atoms with E-state index in [2.05, 4.69) is 0 Å². The van der Waals surface area contributed by atoms with Crippen molar-refractivity contribution in [3.05, 3.63) is 92.3 Å². The zero-order chi connectivity index (χ0) is 24.0. The average Bonchev–Trinajstić information content (AvgIpc) is 2.89. The van der Waals surface area contributed by atoms with Crippen molar-refractivity contribution in [2.75, 3.05) is 14.2 Å². The topological polar surface area (TPSA) is 114 Å². The summed E-state index contributed by atoms with van der Waals surface area (Å²) in [5.41, 5.74) is 5.63. The molecule has 0 aliphatic heterocycles. The molecular formula is C28H16N4O2. The third-order valence-corrected chi connectivity index (χ3v) is 6.68. The van der Waals surface area contributed by atoms with E-state index in [0.29, 0.717) is 21.9 Å². The number of hydrogen-bond acceptors (Lipinski definition) is 6. The molecule has 34 heavy (non-hydrogen) atoms. The van der Waals surface area contributed by atoms with Crippen molar-refractivity contribution < 1.29 is 9.47 Å². The average molecular weight is 440 g/mol. The van der Waals surface area contributed by atoms with E-state index >= 15 is 0 Å². The van der Waals surface area contributed by atoms with Crippen LogP contribution in [0, 0.1) is 45.3 Å². The smallest absolute Gasteiger partial charge is 0.161 e. The Balaban J connectivity index is 2.06. The number of hydrogen-bond donors (Lipinski definition) is 0. The minimum absolute atomic E-state index is 0.00896. The van der Waals surface area contributed by atoms with Gasteiger partial charge in [0.1, 0.15) is 35.4 Å². The maximum Gasteiger partial charge on any atom is 0.161 e. The lowest BCUT2D eigenvalue weighted by Crippen LogP contribution is -2.38. The molecule has 3 aliphatic carbocycles. The summed E-state index contributed by atoms with van der Waals surface area (Å²) >= 11 is 0. The minimum Gasteiger partial charge on any atom is -0.493 e. The molecule has 2 bridgehead atoms. The minimum atomic E-state index is -0.309. The monoisotopic (exact) mass is 440 g/mol. The van der Waals surface area contributed by atoms with Gasteiger partial charge in [-0.2, -0.15) is 21.0 Å². The number of rotatable bonds is 2. The molecule has 0 fully saturated rings. The number of nitrogens with zero attached hydrogens (tertiary/aromatic N) is 4. The first-order valence-corrected chi connectivity index (χ1v) is 10.5. The standard InChI is InChI=1S/C28H16N4O2/c1-33-23-9-21-22(10-24(23)34-2)26-20-6-4-3-5-19(20)25(21)27-17(15(11-29)12-30)7-8-18(28(26)27)16(13-31)14-32/h3-10,25-26H,1-2H3/t25-,26-/m0/s1. The van der Waals surface area contributed by atoms with Gasteiger partial charge in [0.2, 0.25) is 0 Å². The fourth-order valence-corrected chi connectivity index (χ4v) is 5.39. The first-order chi connectivity index (χ1) is 16.6. The normalized spacial score (nSPS) is 15.8. The second-order valence-electron chi connectivity index (χ2n) is 8.02. The predicted octanol–water partition coefficient (Wildman–Crippen LogP) is 3.09. The van der Waals surface area contributed by atoms with Crippen molar-refractivity contribution in [1.82, 2.24) is 0 Å². The van der Waals surface area contributed by atoms with Gasteiger partial charge >= 0.3 is 0 Å². The maximum absolute atomic E-state index is 9.71. The summed E-state index contributed by atoms with van der Waals surface area (Å²) in [7, 11) is 3.16. The first kappa shape index (κ1) is 20.8. The van der Waals surface area contributed by atoms with Crippen LogP contribution in [-0.4, -0.2) is 14.2 Å². The molecule has 3 aliphatic rings. The van der Waals surface area contributed by atoms with E-state index < -0.39 is 0 Å². The fourth-order valence-electron chi connectivity index (χ4n) is 5.39. The molecule has 6 rings (SSSR count). The molecule has 6 heteroatoms. The highest BCUT2D eigenvalue weighted by atomic mass is 16.5. The Morgan fingerprint density at radius 3 is 1.32 bits per heavy atom. The summed E-state index contributed by atoms with van der Waals surface area (Å²) in [6.07, 6.45) is 0. The third-order valence-electron chi connectivity index (χ3n) is 6.68. The molecule has 6 nitrogen and oxygen atoms in total. The van der Waals surface area contributed by atoms with Gasteiger partial charge in [-0.15, -0.1) is 0 Å². The molecule has 160 valence electrons. The summed E-state index contributed by atoms with van der Waals surface area (Å²) in [4.78, 5) is 0. The Morgan fingerprint density at radius 2 is 1.00 bits per heavy atom. The number of nitriles is 4. The Kier molecular flexibility index (Phi) is 4.80. The summed E-state index contributed by atoms with van der Waals surface area (Å²) in [5, 5.41) is 39.9. The van der Waals surface area contributed by atoms with E-state index in [1.165, 1.54) is 0 Å². The van der Waals surface area contributed by atoms with Gasteiger partial charge < -0.3 is 9.47 Å². The maximum atomic E-state index is 9.71. The molecule has 3 aromatic carbocycles. The van der Waals surface area contributed by atoms with Gasteiger partial charge in [-0.1, -0.05) is 36.4 Å². The highest BCUT2D eigenvalue weighted by molar-refractivity contribution is 5.80. The largest absolute Gasteiger partial charge is 0.493 e. The predicted molar refractivity (Wildman–Crippen MR) is 123 cm³/mol. The van der Waals surface area contributed by atoms with Gasteiger partial charge in [-0.3, -0.25) is 0 Å². The number of benzene rings is 3. The van der Waals surface area contributed by atoms with E-state index in [1.807, 2.05) is 60.7 Å². The lowest BCUT2D eigenvalue weighted by molar-refractivity contribution is 0.353. The van der Waals surface area contributed by atoms with Crippen LogP contribution in [0.4, 0.5) is 0 Å². The summed E-state index contributed by atoms with van der Waals surface area (Å²) in [6.45, 7) is 0. The van der Waals surface area contributed by atoms with E-state index in [1.54, 1.807) is 26.4 Å². The Morgan fingerprint density at radius 1 is 0.618 bits per heavy atom. The SMILES string of the molecule is COc1cc2c(cc1OC)[C@@H]1c3ccccc3[C@@H]2c2c1c(=C(C#N)C#N)ccc2=C(C#N)C#N. The van der Waals surface area contributed by atoms with Gasteiger partial charge in [0.15, 0.2) is 11.5 Å². The lowest BCUT2D eigenvalue weighted by atomic mass is 9.60. The molecule has 0 saturated carbocycles. The fraction of sp³-hybridized carbons (Fsp3) is 0.143. The quantitative estimate of drug-likeness (QED) is 0.417. The summed E-state index contributed by atoms with van der Waals surface area (Å²) in [6, 6.07) is 23.3. The van der Waals surface area contributed by atoms with Crippen LogP contribution in [0.25, 0.3) is 11.1 Å². The highest BCUT2D eigenvalue weighted by Crippen LogP contribution is 2.55. The Hall–Kier alpha value is -5.04. The molecule has 0 unspecified atom stereocenters. The van der Waals surface area contributed by atoms with Crippen molar-refractivity contribution in [3.63, 3.8) is 0 Å². The van der Waals surface area contributed by atoms with E-state index in [-0.39, 0.29) is 23.0 Å². The van der Waals surface area contributed by atoms with E-state index in [9.17, 15) is 21.0 Å². The van der Waals surface area contributed by atoms with Gasteiger partial charge in [-0.25, -0.2) is 0 Å². The zero-order valence-corrected chi connectivity index (χ0v) is 18.4. The van der Waals surface area contributed by atoms with E-state index in [4.69, 9.17) is 9.47 Å². The third kappa shape index (κ3) is 2.64. The number of methoxy groups -OCH3 is 2. The molecule has 0 amide bonds. The first-order valence-electron chi connectivity index (χ1n) is 10.5. The van der Waals surface area contributed by atoms with Crippen LogP contribution in [0.5, 0.6) is 11.5 Å². The lowest BCUT2D eigenvalue weighted by Gasteiger charge is -2.43. The van der Waals surface area contributed by atoms with Gasteiger partial charge in [0.05, 0.1) is 14.2 Å². The van der Waals surface area contributed by atoms with Gasteiger partial charge in [0, 0.05) is 22.3 Å². The van der Waals surface area contributed by atoms with Gasteiger partial charge in [0.25, 0.3) is 0 Å². The molecule has 2 atom stereocenters. The molecule has 0 heterocycles. The molecule has 0 spiro atoms. The second kappa shape index (κ2) is 7.83. The van der Waals surface area contributed by atoms with E-state index in [0.717, 1.165) is 33.4 Å². The molecule has 0 N–H and O–H groups in total. The van der Waals surface area contributed by atoms with Crippen LogP contribution in [0.15, 0.2) is 48.5 Å². The van der Waals surface area contributed by atoms with Crippen LogP contribution in [0.2, 0.25) is 0 Å².